The average Bonchev–Trinajstić information content (AvgIpc) is 3.09. The third-order valence-electron chi connectivity index (χ3n) is 2.79. The van der Waals surface area contributed by atoms with Gasteiger partial charge in [-0.15, -0.1) is 5.10 Å². The van der Waals surface area contributed by atoms with Crippen LogP contribution in [0.3, 0.4) is 0 Å². The lowest BCUT2D eigenvalue weighted by molar-refractivity contribution is 0.277. The highest BCUT2D eigenvalue weighted by atomic mass is 35.5. The zero-order valence-electron chi connectivity index (χ0n) is 10.1. The minimum Gasteiger partial charge on any atom is -0.463 e. The Morgan fingerprint density at radius 1 is 1.20 bits per heavy atom. The van der Waals surface area contributed by atoms with E-state index < -0.39 is 0 Å². The van der Waals surface area contributed by atoms with Crippen molar-refractivity contribution >= 4 is 23.2 Å². The van der Waals surface area contributed by atoms with E-state index in [1.165, 1.54) is 0 Å². The number of hydrogen-bond acceptors (Lipinski definition) is 4. The largest absolute Gasteiger partial charge is 0.463 e. The third kappa shape index (κ3) is 2.20. The van der Waals surface area contributed by atoms with Crippen LogP contribution in [0.2, 0.25) is 10.0 Å². The summed E-state index contributed by atoms with van der Waals surface area (Å²) in [6.07, 6.45) is 1.54. The number of benzene rings is 1. The Bertz CT molecular complexity index is 738. The minimum absolute atomic E-state index is 0.239. The van der Waals surface area contributed by atoms with Crippen LogP contribution >= 0.6 is 23.2 Å². The average molecular weight is 310 g/mol. The Morgan fingerprint density at radius 3 is 2.70 bits per heavy atom. The maximum Gasteiger partial charge on any atom is 0.154 e. The van der Waals surface area contributed by atoms with Crippen LogP contribution in [0.25, 0.3) is 17.1 Å². The number of halogens is 2. The molecule has 7 heteroatoms. The van der Waals surface area contributed by atoms with Crippen LogP contribution in [0.15, 0.2) is 41.0 Å². The predicted molar refractivity (Wildman–Crippen MR) is 75.0 cm³/mol. The number of nitrogens with zero attached hydrogens (tertiary/aromatic N) is 3. The fraction of sp³-hybridized carbons (Fsp3) is 0.0769. The second-order valence-corrected chi connectivity index (χ2v) is 4.84. The number of aliphatic hydroxyl groups is 1. The summed E-state index contributed by atoms with van der Waals surface area (Å²) in [5.41, 5.74) is 1.68. The fourth-order valence-electron chi connectivity index (χ4n) is 1.88. The molecule has 20 heavy (non-hydrogen) atoms. The lowest BCUT2D eigenvalue weighted by Crippen LogP contribution is -1.99. The van der Waals surface area contributed by atoms with Crippen molar-refractivity contribution in [3.63, 3.8) is 0 Å². The van der Waals surface area contributed by atoms with Gasteiger partial charge in [-0.25, -0.2) is 4.68 Å². The number of aliphatic hydroxyl groups excluding tert-OH is 1. The second-order valence-electron chi connectivity index (χ2n) is 4.03. The molecule has 0 saturated carbocycles. The van der Waals surface area contributed by atoms with Gasteiger partial charge in [0.05, 0.1) is 28.6 Å². The summed E-state index contributed by atoms with van der Waals surface area (Å²) in [7, 11) is 0. The lowest BCUT2D eigenvalue weighted by atomic mass is 10.2. The van der Waals surface area contributed by atoms with Gasteiger partial charge in [-0.1, -0.05) is 28.4 Å². The zero-order chi connectivity index (χ0) is 14.1. The van der Waals surface area contributed by atoms with Crippen molar-refractivity contribution in [3.05, 3.63) is 52.3 Å². The molecule has 0 aliphatic heterocycles. The summed E-state index contributed by atoms with van der Waals surface area (Å²) in [6, 6.07) is 8.63. The second kappa shape index (κ2) is 5.28. The molecule has 2 aromatic heterocycles. The first-order valence-corrected chi connectivity index (χ1v) is 6.51. The molecule has 3 rings (SSSR count). The van der Waals surface area contributed by atoms with Gasteiger partial charge >= 0.3 is 0 Å². The molecule has 1 N–H and O–H groups in total. The fourth-order valence-corrected chi connectivity index (χ4v) is 2.17. The van der Waals surface area contributed by atoms with Gasteiger partial charge in [0.1, 0.15) is 11.4 Å². The summed E-state index contributed by atoms with van der Waals surface area (Å²) in [5, 5.41) is 18.2. The van der Waals surface area contributed by atoms with Crippen LogP contribution in [0.5, 0.6) is 0 Å². The highest BCUT2D eigenvalue weighted by molar-refractivity contribution is 6.42. The van der Waals surface area contributed by atoms with Crippen molar-refractivity contribution in [2.24, 2.45) is 0 Å². The highest BCUT2D eigenvalue weighted by Crippen LogP contribution is 2.29. The molecule has 1 aromatic carbocycles. The summed E-state index contributed by atoms with van der Waals surface area (Å²) >= 11 is 11.9. The molecule has 0 aliphatic carbocycles. The van der Waals surface area contributed by atoms with Crippen molar-refractivity contribution < 1.29 is 9.52 Å². The SMILES string of the molecule is OCc1nnn(-c2ccc(Cl)c(Cl)c2)c1-c1ccco1. The Labute approximate surface area is 124 Å². The topological polar surface area (TPSA) is 64.1 Å². The molecule has 2 heterocycles. The first kappa shape index (κ1) is 13.2. The van der Waals surface area contributed by atoms with Crippen LogP contribution in [-0.4, -0.2) is 20.1 Å². The molecule has 0 spiro atoms. The van der Waals surface area contributed by atoms with Gasteiger partial charge in [-0.3, -0.25) is 0 Å². The van der Waals surface area contributed by atoms with E-state index >= 15 is 0 Å². The van der Waals surface area contributed by atoms with Gasteiger partial charge in [0.25, 0.3) is 0 Å². The molecular weight excluding hydrogens is 301 g/mol. The van der Waals surface area contributed by atoms with E-state index in [0.717, 1.165) is 0 Å². The standard InChI is InChI=1S/C13H9Cl2N3O2/c14-9-4-3-8(6-10(9)15)18-13(11(7-19)16-17-18)12-2-1-5-20-12/h1-6,19H,7H2. The van der Waals surface area contributed by atoms with Gasteiger partial charge in [0.2, 0.25) is 0 Å². The normalized spacial score (nSPS) is 10.9. The van der Waals surface area contributed by atoms with Crippen molar-refractivity contribution in [2.75, 3.05) is 0 Å². The quantitative estimate of drug-likeness (QED) is 0.806. The van der Waals surface area contributed by atoms with Crippen LogP contribution in [0.4, 0.5) is 0 Å². The molecule has 0 bridgehead atoms. The maximum absolute atomic E-state index is 9.37. The molecule has 0 atom stereocenters. The summed E-state index contributed by atoms with van der Waals surface area (Å²) in [5.74, 6) is 0.560. The van der Waals surface area contributed by atoms with E-state index in [4.69, 9.17) is 27.6 Å². The molecule has 5 nitrogen and oxygen atoms in total. The molecular formula is C13H9Cl2N3O2. The molecule has 0 aliphatic rings. The van der Waals surface area contributed by atoms with E-state index in [0.29, 0.717) is 32.9 Å². The van der Waals surface area contributed by atoms with Crippen LogP contribution in [0, 0.1) is 0 Å². The van der Waals surface area contributed by atoms with Crippen molar-refractivity contribution in [2.45, 2.75) is 6.61 Å². The zero-order valence-corrected chi connectivity index (χ0v) is 11.6. The van der Waals surface area contributed by atoms with Gasteiger partial charge in [-0.2, -0.15) is 0 Å². The van der Waals surface area contributed by atoms with Gasteiger partial charge in [-0.05, 0) is 30.3 Å². The van der Waals surface area contributed by atoms with E-state index in [1.54, 1.807) is 41.3 Å². The molecule has 0 saturated heterocycles. The predicted octanol–water partition coefficient (Wildman–Crippen LogP) is 3.33. The van der Waals surface area contributed by atoms with E-state index in [-0.39, 0.29) is 6.61 Å². The number of aromatic nitrogens is 3. The van der Waals surface area contributed by atoms with Crippen molar-refractivity contribution in [1.82, 2.24) is 15.0 Å². The van der Waals surface area contributed by atoms with Crippen molar-refractivity contribution in [3.8, 4) is 17.1 Å². The van der Waals surface area contributed by atoms with Crippen molar-refractivity contribution in [1.29, 1.82) is 0 Å². The molecule has 3 aromatic rings. The highest BCUT2D eigenvalue weighted by Gasteiger charge is 2.18. The van der Waals surface area contributed by atoms with E-state index in [9.17, 15) is 5.11 Å². The Morgan fingerprint density at radius 2 is 2.05 bits per heavy atom. The number of furan rings is 1. The number of rotatable bonds is 3. The van der Waals surface area contributed by atoms with Crippen LogP contribution in [0.1, 0.15) is 5.69 Å². The first-order valence-electron chi connectivity index (χ1n) is 5.75. The van der Waals surface area contributed by atoms with Gasteiger partial charge < -0.3 is 9.52 Å². The molecule has 102 valence electrons. The Hall–Kier alpha value is -1.82. The van der Waals surface area contributed by atoms with E-state index in [2.05, 4.69) is 10.3 Å². The monoisotopic (exact) mass is 309 g/mol. The first-order chi connectivity index (χ1) is 9.70. The molecule has 0 radical (unpaired) electrons. The lowest BCUT2D eigenvalue weighted by Gasteiger charge is -2.06. The minimum atomic E-state index is -0.239. The van der Waals surface area contributed by atoms with Crippen LogP contribution < -0.4 is 0 Å². The molecule has 0 amide bonds. The Balaban J connectivity index is 2.19. The smallest absolute Gasteiger partial charge is 0.154 e. The van der Waals surface area contributed by atoms with Gasteiger partial charge in [0, 0.05) is 0 Å². The Kier molecular flexibility index (Phi) is 3.48. The molecule has 0 unspecified atom stereocenters. The number of hydrogen-bond donors (Lipinski definition) is 1. The van der Waals surface area contributed by atoms with Crippen LogP contribution in [-0.2, 0) is 6.61 Å². The maximum atomic E-state index is 9.37. The van der Waals surface area contributed by atoms with E-state index in [1.807, 2.05) is 0 Å². The van der Waals surface area contributed by atoms with Gasteiger partial charge in [0.15, 0.2) is 5.76 Å². The third-order valence-corrected chi connectivity index (χ3v) is 3.53. The summed E-state index contributed by atoms with van der Waals surface area (Å²) < 4.78 is 6.91. The molecule has 0 fully saturated rings. The summed E-state index contributed by atoms with van der Waals surface area (Å²) in [6.45, 7) is -0.239. The summed E-state index contributed by atoms with van der Waals surface area (Å²) in [4.78, 5) is 0.